The molecule has 1 atom stereocenters. The van der Waals surface area contributed by atoms with Gasteiger partial charge in [-0.05, 0) is 48.6 Å². The van der Waals surface area contributed by atoms with Gasteiger partial charge in [0.05, 0.1) is 6.42 Å². The number of hydrogen-bond donors (Lipinski definition) is 1. The Hall–Kier alpha value is -3.18. The summed E-state index contributed by atoms with van der Waals surface area (Å²) in [4.78, 5) is 29.3. The van der Waals surface area contributed by atoms with Gasteiger partial charge in [-0.25, -0.2) is 4.39 Å². The summed E-state index contributed by atoms with van der Waals surface area (Å²) in [5.74, 6) is -1.03. The molecule has 1 aliphatic carbocycles. The van der Waals surface area contributed by atoms with Crippen LogP contribution in [0.3, 0.4) is 0 Å². The second-order valence-corrected chi connectivity index (χ2v) is 10.3. The van der Waals surface area contributed by atoms with Gasteiger partial charge in [0.2, 0.25) is 11.8 Å². The second-order valence-electron chi connectivity index (χ2n) is 9.87. The fourth-order valence-corrected chi connectivity index (χ4v) is 5.25. The number of amides is 2. The first-order chi connectivity index (χ1) is 17.9. The number of halogens is 2. The lowest BCUT2D eigenvalue weighted by atomic mass is 9.94. The van der Waals surface area contributed by atoms with Crippen molar-refractivity contribution in [2.24, 2.45) is 0 Å². The number of carbonyl (C=O) groups is 2. The molecule has 37 heavy (non-hydrogen) atoms. The molecule has 194 valence electrons. The van der Waals surface area contributed by atoms with Crippen LogP contribution in [0.5, 0.6) is 0 Å². The van der Waals surface area contributed by atoms with Crippen molar-refractivity contribution in [1.82, 2.24) is 10.2 Å². The molecule has 3 aromatic rings. The molecule has 0 spiro atoms. The number of aryl methyl sites for hydroxylation is 1. The van der Waals surface area contributed by atoms with Crippen LogP contribution in [-0.4, -0.2) is 28.8 Å². The Bertz CT molecular complexity index is 1190. The first-order valence-electron chi connectivity index (χ1n) is 13.0. The van der Waals surface area contributed by atoms with Gasteiger partial charge in [0.25, 0.3) is 0 Å². The third-order valence-electron chi connectivity index (χ3n) is 7.21. The monoisotopic (exact) mass is 520 g/mol. The molecule has 1 aliphatic rings. The molecule has 6 heteroatoms. The van der Waals surface area contributed by atoms with Crippen LogP contribution in [0.1, 0.15) is 54.4 Å². The Morgan fingerprint density at radius 1 is 0.973 bits per heavy atom. The minimum atomic E-state index is -0.748. The molecule has 1 N–H and O–H groups in total. The van der Waals surface area contributed by atoms with Crippen LogP contribution in [0, 0.1) is 12.7 Å². The van der Waals surface area contributed by atoms with Crippen molar-refractivity contribution in [3.63, 3.8) is 0 Å². The summed E-state index contributed by atoms with van der Waals surface area (Å²) >= 11 is 6.27. The van der Waals surface area contributed by atoms with E-state index < -0.39 is 11.9 Å². The van der Waals surface area contributed by atoms with E-state index in [1.807, 2.05) is 61.5 Å². The predicted octanol–water partition coefficient (Wildman–Crippen LogP) is 6.42. The van der Waals surface area contributed by atoms with Gasteiger partial charge in [-0.3, -0.25) is 9.59 Å². The number of nitrogens with one attached hydrogen (secondary N) is 1. The quantitative estimate of drug-likeness (QED) is 0.354. The third kappa shape index (κ3) is 7.20. The van der Waals surface area contributed by atoms with Crippen LogP contribution in [0.2, 0.25) is 5.02 Å². The molecule has 0 radical (unpaired) electrons. The molecule has 0 aliphatic heterocycles. The standard InChI is InChI=1S/C31H34ClFN2O2/c1-22-11-8-9-14-24(22)21-35(30(36)20-26-27(32)17-10-18-28(26)33)29(19-23-12-4-2-5-13-23)31(37)34-25-15-6-3-7-16-25/h2,4-5,8-14,17-18,25,29H,3,6-7,15-16,19-21H2,1H3,(H,34,37)/t29-/m0/s1. The summed E-state index contributed by atoms with van der Waals surface area (Å²) in [6, 6.07) is 21.3. The molecule has 4 nitrogen and oxygen atoms in total. The van der Waals surface area contributed by atoms with Gasteiger partial charge < -0.3 is 10.2 Å². The molecule has 0 bridgehead atoms. The van der Waals surface area contributed by atoms with E-state index in [1.165, 1.54) is 18.6 Å². The summed E-state index contributed by atoms with van der Waals surface area (Å²) in [6.45, 7) is 2.23. The van der Waals surface area contributed by atoms with Crippen molar-refractivity contribution in [2.45, 2.75) is 70.5 Å². The average molecular weight is 521 g/mol. The average Bonchev–Trinajstić information content (AvgIpc) is 2.90. The highest BCUT2D eigenvalue weighted by molar-refractivity contribution is 6.31. The molecular formula is C31H34ClFN2O2. The summed E-state index contributed by atoms with van der Waals surface area (Å²) in [6.07, 6.45) is 5.39. The summed E-state index contributed by atoms with van der Waals surface area (Å²) in [5.41, 5.74) is 3.07. The van der Waals surface area contributed by atoms with E-state index in [0.29, 0.717) is 6.42 Å². The molecule has 0 saturated heterocycles. The zero-order valence-electron chi connectivity index (χ0n) is 21.3. The maximum absolute atomic E-state index is 14.6. The van der Waals surface area contributed by atoms with Crippen LogP contribution in [0.4, 0.5) is 4.39 Å². The van der Waals surface area contributed by atoms with E-state index >= 15 is 0 Å². The van der Waals surface area contributed by atoms with E-state index in [-0.39, 0.29) is 41.4 Å². The highest BCUT2D eigenvalue weighted by Gasteiger charge is 2.32. The van der Waals surface area contributed by atoms with Crippen LogP contribution in [0.25, 0.3) is 0 Å². The largest absolute Gasteiger partial charge is 0.352 e. The van der Waals surface area contributed by atoms with Gasteiger partial charge in [-0.1, -0.05) is 91.5 Å². The Labute approximate surface area is 223 Å². The maximum Gasteiger partial charge on any atom is 0.243 e. The third-order valence-corrected chi connectivity index (χ3v) is 7.57. The number of nitrogens with zero attached hydrogens (tertiary/aromatic N) is 1. The summed E-state index contributed by atoms with van der Waals surface area (Å²) in [5, 5.41) is 3.43. The molecule has 0 aromatic heterocycles. The first-order valence-corrected chi connectivity index (χ1v) is 13.4. The van der Waals surface area contributed by atoms with Crippen molar-refractivity contribution in [3.8, 4) is 0 Å². The van der Waals surface area contributed by atoms with Gasteiger partial charge in [-0.2, -0.15) is 0 Å². The van der Waals surface area contributed by atoms with E-state index in [4.69, 9.17) is 11.6 Å². The van der Waals surface area contributed by atoms with Crippen LogP contribution in [-0.2, 0) is 29.0 Å². The minimum Gasteiger partial charge on any atom is -0.352 e. The van der Waals surface area contributed by atoms with Crippen LogP contribution in [0.15, 0.2) is 72.8 Å². The zero-order chi connectivity index (χ0) is 26.2. The Morgan fingerprint density at radius 3 is 2.38 bits per heavy atom. The fraction of sp³-hybridized carbons (Fsp3) is 0.355. The maximum atomic E-state index is 14.6. The van der Waals surface area contributed by atoms with Gasteiger partial charge in [-0.15, -0.1) is 0 Å². The highest BCUT2D eigenvalue weighted by atomic mass is 35.5. The second kappa shape index (κ2) is 12.9. The molecular weight excluding hydrogens is 487 g/mol. The van der Waals surface area contributed by atoms with Crippen molar-refractivity contribution >= 4 is 23.4 Å². The van der Waals surface area contributed by atoms with E-state index in [1.54, 1.807) is 11.0 Å². The highest BCUT2D eigenvalue weighted by Crippen LogP contribution is 2.24. The lowest BCUT2D eigenvalue weighted by Crippen LogP contribution is -2.53. The fourth-order valence-electron chi connectivity index (χ4n) is 5.02. The molecule has 4 rings (SSSR count). The SMILES string of the molecule is Cc1ccccc1CN(C(=O)Cc1c(F)cccc1Cl)[C@@H](Cc1ccccc1)C(=O)NC1CCCCC1. The van der Waals surface area contributed by atoms with Crippen LogP contribution >= 0.6 is 11.6 Å². The smallest absolute Gasteiger partial charge is 0.243 e. The normalized spacial score (nSPS) is 14.7. The lowest BCUT2D eigenvalue weighted by molar-refractivity contribution is -0.141. The zero-order valence-corrected chi connectivity index (χ0v) is 22.0. The molecule has 3 aromatic carbocycles. The van der Waals surface area contributed by atoms with Gasteiger partial charge >= 0.3 is 0 Å². The lowest BCUT2D eigenvalue weighted by Gasteiger charge is -2.34. The number of rotatable bonds is 9. The molecule has 2 amide bonds. The Kier molecular flexibility index (Phi) is 9.34. The van der Waals surface area contributed by atoms with Gasteiger partial charge in [0, 0.05) is 29.6 Å². The van der Waals surface area contributed by atoms with E-state index in [2.05, 4.69) is 5.32 Å². The van der Waals surface area contributed by atoms with Gasteiger partial charge in [0.1, 0.15) is 11.9 Å². The van der Waals surface area contributed by atoms with Crippen molar-refractivity contribution < 1.29 is 14.0 Å². The molecule has 1 fully saturated rings. The molecule has 0 unspecified atom stereocenters. The molecule has 1 saturated carbocycles. The number of carbonyl (C=O) groups excluding carboxylic acids is 2. The van der Waals surface area contributed by atoms with Crippen molar-refractivity contribution in [2.75, 3.05) is 0 Å². The number of hydrogen-bond acceptors (Lipinski definition) is 2. The van der Waals surface area contributed by atoms with Crippen LogP contribution < -0.4 is 5.32 Å². The first kappa shape index (κ1) is 26.9. The van der Waals surface area contributed by atoms with Gasteiger partial charge in [0.15, 0.2) is 0 Å². The topological polar surface area (TPSA) is 49.4 Å². The Morgan fingerprint density at radius 2 is 1.68 bits per heavy atom. The summed E-state index contributed by atoms with van der Waals surface area (Å²) < 4.78 is 14.6. The number of benzene rings is 3. The molecule has 0 heterocycles. The van der Waals surface area contributed by atoms with E-state index in [9.17, 15) is 14.0 Å². The van der Waals surface area contributed by atoms with Crippen molar-refractivity contribution in [1.29, 1.82) is 0 Å². The minimum absolute atomic E-state index is 0.107. The van der Waals surface area contributed by atoms with E-state index in [0.717, 1.165) is 42.4 Å². The van der Waals surface area contributed by atoms with Crippen molar-refractivity contribution in [3.05, 3.63) is 106 Å². The summed E-state index contributed by atoms with van der Waals surface area (Å²) in [7, 11) is 0. The Balaban J connectivity index is 1.69. The predicted molar refractivity (Wildman–Crippen MR) is 146 cm³/mol.